The topological polar surface area (TPSA) is 12.5 Å². The molecule has 0 fully saturated rings. The Morgan fingerprint density at radius 2 is 0.614 bits per heavy atom. The number of rotatable bonds is 5. The maximum atomic E-state index is 6.70. The van der Waals surface area contributed by atoms with Crippen molar-refractivity contribution in [1.29, 1.82) is 0 Å². The molecule has 0 spiro atoms. The van der Waals surface area contributed by atoms with Gasteiger partial charge in [0.05, 0.1) is 11.4 Å². The first-order valence-electron chi connectivity index (χ1n) is 14.9. The average molecular weight is 564 g/mol. The van der Waals surface area contributed by atoms with Crippen molar-refractivity contribution in [3.63, 3.8) is 0 Å². The van der Waals surface area contributed by atoms with Crippen LogP contribution in [-0.2, 0) is 0 Å². The van der Waals surface area contributed by atoms with Gasteiger partial charge in [-0.05, 0) is 80.9 Å². The molecule has 0 N–H and O–H groups in total. The zero-order valence-corrected chi connectivity index (χ0v) is 24.1. The first-order chi connectivity index (χ1) is 21.8. The molecule has 208 valence electrons. The predicted octanol–water partition coefficient (Wildman–Crippen LogP) is 11.9. The zero-order chi connectivity index (χ0) is 29.3. The fourth-order valence-electron chi connectivity index (χ4n) is 6.00. The highest BCUT2D eigenvalue weighted by atomic mass is 16.5. The van der Waals surface area contributed by atoms with Crippen molar-refractivity contribution in [2.75, 3.05) is 4.90 Å². The maximum absolute atomic E-state index is 6.70. The quantitative estimate of drug-likeness (QED) is 0.206. The fourth-order valence-corrected chi connectivity index (χ4v) is 6.00. The van der Waals surface area contributed by atoms with Gasteiger partial charge in [0.1, 0.15) is 0 Å². The SMILES string of the molecule is c1ccc(-c2ccc(-c3ccc4c(c3)Oc3cc(-c5ccc(-c6ccccc6)cc5)ccc3N4c3ccccc3)cc2)cc1. The molecule has 2 heteroatoms. The third-order valence-corrected chi connectivity index (χ3v) is 8.29. The molecule has 0 aliphatic carbocycles. The van der Waals surface area contributed by atoms with Crippen LogP contribution in [0, 0.1) is 0 Å². The van der Waals surface area contributed by atoms with Gasteiger partial charge in [-0.3, -0.25) is 0 Å². The van der Waals surface area contributed by atoms with Crippen LogP contribution >= 0.6 is 0 Å². The van der Waals surface area contributed by atoms with Crippen molar-refractivity contribution < 1.29 is 4.74 Å². The molecule has 0 aromatic heterocycles. The second-order valence-electron chi connectivity index (χ2n) is 11.0. The summed E-state index contributed by atoms with van der Waals surface area (Å²) < 4.78 is 6.70. The van der Waals surface area contributed by atoms with Gasteiger partial charge < -0.3 is 9.64 Å². The number of hydrogen-bond acceptors (Lipinski definition) is 2. The largest absolute Gasteiger partial charge is 0.453 e. The highest BCUT2D eigenvalue weighted by Crippen LogP contribution is 2.52. The summed E-state index contributed by atoms with van der Waals surface area (Å²) in [6.45, 7) is 0. The highest BCUT2D eigenvalue weighted by Gasteiger charge is 2.26. The van der Waals surface area contributed by atoms with Gasteiger partial charge in [0.2, 0.25) is 0 Å². The van der Waals surface area contributed by atoms with E-state index in [2.05, 4.69) is 169 Å². The summed E-state index contributed by atoms with van der Waals surface area (Å²) in [6.07, 6.45) is 0. The van der Waals surface area contributed by atoms with Gasteiger partial charge in [0, 0.05) is 5.69 Å². The second kappa shape index (κ2) is 11.1. The summed E-state index contributed by atoms with van der Waals surface area (Å²) in [5, 5.41) is 0. The lowest BCUT2D eigenvalue weighted by Crippen LogP contribution is -2.15. The van der Waals surface area contributed by atoms with E-state index in [9.17, 15) is 0 Å². The van der Waals surface area contributed by atoms with Gasteiger partial charge >= 0.3 is 0 Å². The lowest BCUT2D eigenvalue weighted by Gasteiger charge is -2.33. The number of para-hydroxylation sites is 1. The Hall–Kier alpha value is -5.86. The predicted molar refractivity (Wildman–Crippen MR) is 183 cm³/mol. The van der Waals surface area contributed by atoms with Crippen LogP contribution in [0.5, 0.6) is 11.5 Å². The average Bonchev–Trinajstić information content (AvgIpc) is 3.11. The molecule has 2 nitrogen and oxygen atoms in total. The van der Waals surface area contributed by atoms with Crippen LogP contribution in [-0.4, -0.2) is 0 Å². The molecule has 0 saturated carbocycles. The van der Waals surface area contributed by atoms with Crippen LogP contribution in [0.15, 0.2) is 176 Å². The van der Waals surface area contributed by atoms with E-state index in [0.29, 0.717) is 0 Å². The minimum Gasteiger partial charge on any atom is -0.453 e. The molecule has 1 heterocycles. The molecule has 0 unspecified atom stereocenters. The number of nitrogens with zero attached hydrogens (tertiary/aromatic N) is 1. The monoisotopic (exact) mass is 563 g/mol. The van der Waals surface area contributed by atoms with Gasteiger partial charge in [-0.1, -0.05) is 140 Å². The van der Waals surface area contributed by atoms with Gasteiger partial charge in [0.25, 0.3) is 0 Å². The van der Waals surface area contributed by atoms with Crippen LogP contribution in [0.3, 0.4) is 0 Å². The van der Waals surface area contributed by atoms with Crippen molar-refractivity contribution in [1.82, 2.24) is 0 Å². The Balaban J connectivity index is 1.16. The lowest BCUT2D eigenvalue weighted by atomic mass is 9.98. The minimum atomic E-state index is 0.836. The van der Waals surface area contributed by atoms with Crippen LogP contribution in [0.4, 0.5) is 17.1 Å². The molecule has 0 saturated heterocycles. The summed E-state index contributed by atoms with van der Waals surface area (Å²) >= 11 is 0. The minimum absolute atomic E-state index is 0.836. The van der Waals surface area contributed by atoms with E-state index in [0.717, 1.165) is 50.8 Å². The molecular weight excluding hydrogens is 534 g/mol. The molecule has 0 bridgehead atoms. The van der Waals surface area contributed by atoms with E-state index < -0.39 is 0 Å². The highest BCUT2D eigenvalue weighted by molar-refractivity contribution is 5.89. The van der Waals surface area contributed by atoms with Gasteiger partial charge in [-0.25, -0.2) is 0 Å². The number of fused-ring (bicyclic) bond motifs is 2. The number of benzene rings is 7. The standard InChI is InChI=1S/C42H29NO/c1-4-10-30(11-5-1)32-16-20-34(21-17-32)36-24-26-39-41(28-36)44-42-29-37(25-27-40(42)43(39)38-14-8-3-9-15-38)35-22-18-33(19-23-35)31-12-6-2-7-13-31/h1-29H. The molecule has 1 aliphatic rings. The Morgan fingerprint density at radius 3 is 1.02 bits per heavy atom. The maximum Gasteiger partial charge on any atom is 0.152 e. The fraction of sp³-hybridized carbons (Fsp3) is 0. The van der Waals surface area contributed by atoms with Crippen LogP contribution in [0.25, 0.3) is 44.5 Å². The zero-order valence-electron chi connectivity index (χ0n) is 24.1. The summed E-state index contributed by atoms with van der Waals surface area (Å²) in [6, 6.07) is 62.0. The summed E-state index contributed by atoms with van der Waals surface area (Å²) in [7, 11) is 0. The van der Waals surface area contributed by atoms with Crippen LogP contribution in [0.2, 0.25) is 0 Å². The van der Waals surface area contributed by atoms with Crippen molar-refractivity contribution in [2.45, 2.75) is 0 Å². The van der Waals surface area contributed by atoms with E-state index in [1.165, 1.54) is 22.3 Å². The molecule has 0 atom stereocenters. The van der Waals surface area contributed by atoms with Gasteiger partial charge in [0.15, 0.2) is 11.5 Å². The molecule has 1 aliphatic heterocycles. The molecule has 0 radical (unpaired) electrons. The van der Waals surface area contributed by atoms with E-state index in [1.54, 1.807) is 0 Å². The number of anilines is 3. The Kier molecular flexibility index (Phi) is 6.51. The summed E-state index contributed by atoms with van der Waals surface area (Å²) in [5.41, 5.74) is 12.5. The number of ether oxygens (including phenoxy) is 1. The van der Waals surface area contributed by atoms with E-state index in [-0.39, 0.29) is 0 Å². The Morgan fingerprint density at radius 1 is 0.295 bits per heavy atom. The van der Waals surface area contributed by atoms with E-state index >= 15 is 0 Å². The van der Waals surface area contributed by atoms with Crippen molar-refractivity contribution in [3.8, 4) is 56.0 Å². The number of hydrogen-bond donors (Lipinski definition) is 0. The molecule has 44 heavy (non-hydrogen) atoms. The molecule has 0 amide bonds. The smallest absolute Gasteiger partial charge is 0.152 e. The Labute approximate surface area is 258 Å². The normalized spacial score (nSPS) is 11.8. The van der Waals surface area contributed by atoms with Crippen molar-refractivity contribution in [2.24, 2.45) is 0 Å². The van der Waals surface area contributed by atoms with E-state index in [1.807, 2.05) is 12.1 Å². The molecular formula is C42H29NO. The molecule has 7 aromatic carbocycles. The van der Waals surface area contributed by atoms with Gasteiger partial charge in [-0.2, -0.15) is 0 Å². The molecule has 8 rings (SSSR count). The third-order valence-electron chi connectivity index (χ3n) is 8.29. The second-order valence-corrected chi connectivity index (χ2v) is 11.0. The van der Waals surface area contributed by atoms with Crippen LogP contribution < -0.4 is 9.64 Å². The van der Waals surface area contributed by atoms with Crippen molar-refractivity contribution in [3.05, 3.63) is 176 Å². The lowest BCUT2D eigenvalue weighted by molar-refractivity contribution is 0.477. The molecule has 7 aromatic rings. The Bertz CT molecular complexity index is 1920. The third kappa shape index (κ3) is 4.83. The summed E-state index contributed by atoms with van der Waals surface area (Å²) in [4.78, 5) is 2.29. The van der Waals surface area contributed by atoms with E-state index in [4.69, 9.17) is 4.74 Å². The van der Waals surface area contributed by atoms with Crippen molar-refractivity contribution >= 4 is 17.1 Å². The summed E-state index contributed by atoms with van der Waals surface area (Å²) in [5.74, 6) is 1.67. The van der Waals surface area contributed by atoms with Gasteiger partial charge in [-0.15, -0.1) is 0 Å². The van der Waals surface area contributed by atoms with Crippen LogP contribution in [0.1, 0.15) is 0 Å². The first kappa shape index (κ1) is 25.8. The first-order valence-corrected chi connectivity index (χ1v) is 14.9.